The van der Waals surface area contributed by atoms with Crippen LogP contribution in [0.5, 0.6) is 17.2 Å². The molecule has 1 amide bonds. The van der Waals surface area contributed by atoms with Gasteiger partial charge in [-0.1, -0.05) is 18.2 Å². The van der Waals surface area contributed by atoms with Gasteiger partial charge in [-0.15, -0.1) is 0 Å². The number of ether oxygens (including phenoxy) is 3. The molecule has 1 unspecified atom stereocenters. The van der Waals surface area contributed by atoms with E-state index in [-0.39, 0.29) is 17.4 Å². The van der Waals surface area contributed by atoms with Crippen LogP contribution in [-0.4, -0.2) is 26.7 Å². The van der Waals surface area contributed by atoms with E-state index in [0.717, 1.165) is 5.56 Å². The van der Waals surface area contributed by atoms with E-state index in [1.807, 2.05) is 0 Å². The molecule has 0 heterocycles. The maximum absolute atomic E-state index is 12.5. The standard InChI is InChI=1S/C18H19F2NO4/c1-11(12-8-9-15(23-2)16(10-12)24-3)21-17(22)13-6-4-5-7-14(13)25-18(19)20/h4-11,18H,1-3H3,(H,21,22). The molecule has 1 atom stereocenters. The molecule has 0 aromatic heterocycles. The molecule has 2 aromatic carbocycles. The summed E-state index contributed by atoms with van der Waals surface area (Å²) in [5.74, 6) is 0.413. The molecule has 2 rings (SSSR count). The van der Waals surface area contributed by atoms with Gasteiger partial charge in [-0.3, -0.25) is 4.79 Å². The maximum Gasteiger partial charge on any atom is 0.387 e. The lowest BCUT2D eigenvalue weighted by Gasteiger charge is -2.17. The van der Waals surface area contributed by atoms with E-state index < -0.39 is 12.5 Å². The summed E-state index contributed by atoms with van der Waals surface area (Å²) in [6, 6.07) is 10.7. The molecule has 1 N–H and O–H groups in total. The minimum Gasteiger partial charge on any atom is -0.493 e. The van der Waals surface area contributed by atoms with Crippen LogP contribution in [0.15, 0.2) is 42.5 Å². The number of carbonyl (C=O) groups excluding carboxylic acids is 1. The first-order valence-electron chi connectivity index (χ1n) is 7.53. The molecule has 0 saturated carbocycles. The van der Waals surface area contributed by atoms with Gasteiger partial charge in [-0.05, 0) is 36.8 Å². The molecule has 0 aliphatic carbocycles. The molecule has 0 aliphatic rings. The second-order valence-electron chi connectivity index (χ2n) is 5.18. The average molecular weight is 351 g/mol. The lowest BCUT2D eigenvalue weighted by Crippen LogP contribution is -2.27. The van der Waals surface area contributed by atoms with Gasteiger partial charge in [0.05, 0.1) is 25.8 Å². The topological polar surface area (TPSA) is 56.8 Å². The highest BCUT2D eigenvalue weighted by atomic mass is 19.3. The minimum atomic E-state index is -3.00. The number of amides is 1. The highest BCUT2D eigenvalue weighted by Crippen LogP contribution is 2.30. The number of hydrogen-bond donors (Lipinski definition) is 1. The summed E-state index contributed by atoms with van der Waals surface area (Å²) in [5.41, 5.74) is 0.813. The SMILES string of the molecule is COc1ccc(C(C)NC(=O)c2ccccc2OC(F)F)cc1OC. The van der Waals surface area contributed by atoms with Crippen molar-refractivity contribution in [3.63, 3.8) is 0 Å². The molecule has 25 heavy (non-hydrogen) atoms. The number of benzene rings is 2. The normalized spacial score (nSPS) is 11.8. The van der Waals surface area contributed by atoms with Gasteiger partial charge in [0, 0.05) is 0 Å². The zero-order valence-corrected chi connectivity index (χ0v) is 14.1. The van der Waals surface area contributed by atoms with Crippen LogP contribution in [0, 0.1) is 0 Å². The summed E-state index contributed by atoms with van der Waals surface area (Å²) in [5, 5.41) is 2.75. The zero-order valence-electron chi connectivity index (χ0n) is 14.1. The molecule has 0 bridgehead atoms. The Kier molecular flexibility index (Phi) is 6.16. The van der Waals surface area contributed by atoms with Gasteiger partial charge in [-0.2, -0.15) is 8.78 Å². The Hall–Kier alpha value is -2.83. The predicted octanol–water partition coefficient (Wildman–Crippen LogP) is 3.80. The number of carbonyl (C=O) groups is 1. The number of halogens is 2. The molecule has 0 radical (unpaired) electrons. The molecule has 7 heteroatoms. The van der Waals surface area contributed by atoms with Crippen LogP contribution in [0.1, 0.15) is 28.9 Å². The summed E-state index contributed by atoms with van der Waals surface area (Å²) in [6.07, 6.45) is 0. The van der Waals surface area contributed by atoms with Gasteiger partial charge in [0.25, 0.3) is 5.91 Å². The van der Waals surface area contributed by atoms with Crippen LogP contribution in [0.4, 0.5) is 8.78 Å². The van der Waals surface area contributed by atoms with Gasteiger partial charge < -0.3 is 19.5 Å². The third-order valence-corrected chi connectivity index (χ3v) is 3.60. The first-order chi connectivity index (χ1) is 12.0. The van der Waals surface area contributed by atoms with Crippen LogP contribution >= 0.6 is 0 Å². The fraction of sp³-hybridized carbons (Fsp3) is 0.278. The van der Waals surface area contributed by atoms with Crippen molar-refractivity contribution < 1.29 is 27.8 Å². The number of para-hydroxylation sites is 1. The third kappa shape index (κ3) is 4.59. The largest absolute Gasteiger partial charge is 0.493 e. The minimum absolute atomic E-state index is 0.0372. The van der Waals surface area contributed by atoms with E-state index in [1.165, 1.54) is 32.4 Å². The summed E-state index contributed by atoms with van der Waals surface area (Å²) < 4.78 is 39.7. The smallest absolute Gasteiger partial charge is 0.387 e. The molecular weight excluding hydrogens is 332 g/mol. The second kappa shape index (κ2) is 8.32. The van der Waals surface area contributed by atoms with Crippen LogP contribution in [0.25, 0.3) is 0 Å². The molecule has 5 nitrogen and oxygen atoms in total. The first kappa shape index (κ1) is 18.5. The zero-order chi connectivity index (χ0) is 18.4. The van der Waals surface area contributed by atoms with E-state index in [2.05, 4.69) is 10.1 Å². The van der Waals surface area contributed by atoms with Crippen molar-refractivity contribution in [1.29, 1.82) is 0 Å². The van der Waals surface area contributed by atoms with Crippen LogP contribution in [0.3, 0.4) is 0 Å². The van der Waals surface area contributed by atoms with Crippen molar-refractivity contribution in [3.05, 3.63) is 53.6 Å². The Labute approximate surface area is 144 Å². The Balaban J connectivity index is 2.18. The summed E-state index contributed by atoms with van der Waals surface area (Å²) in [6.45, 7) is -1.23. The summed E-state index contributed by atoms with van der Waals surface area (Å²) in [7, 11) is 3.05. The van der Waals surface area contributed by atoms with Crippen molar-refractivity contribution >= 4 is 5.91 Å². The second-order valence-corrected chi connectivity index (χ2v) is 5.18. The molecule has 0 aliphatic heterocycles. The molecule has 0 saturated heterocycles. The Morgan fingerprint density at radius 1 is 1.00 bits per heavy atom. The van der Waals surface area contributed by atoms with Crippen molar-refractivity contribution in [3.8, 4) is 17.2 Å². The van der Waals surface area contributed by atoms with Gasteiger partial charge in [0.2, 0.25) is 0 Å². The lowest BCUT2D eigenvalue weighted by molar-refractivity contribution is -0.0501. The van der Waals surface area contributed by atoms with Crippen LogP contribution in [-0.2, 0) is 0 Å². The number of hydrogen-bond acceptors (Lipinski definition) is 4. The molecule has 2 aromatic rings. The van der Waals surface area contributed by atoms with Crippen molar-refractivity contribution in [2.45, 2.75) is 19.6 Å². The van der Waals surface area contributed by atoms with E-state index in [4.69, 9.17) is 9.47 Å². The van der Waals surface area contributed by atoms with E-state index in [9.17, 15) is 13.6 Å². The van der Waals surface area contributed by atoms with E-state index in [0.29, 0.717) is 11.5 Å². The fourth-order valence-electron chi connectivity index (χ4n) is 2.33. The van der Waals surface area contributed by atoms with Crippen LogP contribution in [0.2, 0.25) is 0 Å². The lowest BCUT2D eigenvalue weighted by atomic mass is 10.1. The summed E-state index contributed by atoms with van der Waals surface area (Å²) >= 11 is 0. The quantitative estimate of drug-likeness (QED) is 0.824. The highest BCUT2D eigenvalue weighted by Gasteiger charge is 2.18. The van der Waals surface area contributed by atoms with Gasteiger partial charge in [-0.25, -0.2) is 0 Å². The van der Waals surface area contributed by atoms with Gasteiger partial charge in [0.15, 0.2) is 11.5 Å². The van der Waals surface area contributed by atoms with Crippen LogP contribution < -0.4 is 19.5 Å². The van der Waals surface area contributed by atoms with E-state index in [1.54, 1.807) is 31.2 Å². The maximum atomic E-state index is 12.5. The predicted molar refractivity (Wildman–Crippen MR) is 88.5 cm³/mol. The van der Waals surface area contributed by atoms with Gasteiger partial charge >= 0.3 is 6.61 Å². The first-order valence-corrected chi connectivity index (χ1v) is 7.53. The van der Waals surface area contributed by atoms with Gasteiger partial charge in [0.1, 0.15) is 5.75 Å². The number of nitrogens with one attached hydrogen (secondary N) is 1. The Morgan fingerprint density at radius 3 is 2.32 bits per heavy atom. The van der Waals surface area contributed by atoms with Crippen molar-refractivity contribution in [1.82, 2.24) is 5.32 Å². The summed E-state index contributed by atoms with van der Waals surface area (Å²) in [4.78, 5) is 12.4. The van der Waals surface area contributed by atoms with Crippen molar-refractivity contribution in [2.24, 2.45) is 0 Å². The number of rotatable bonds is 7. The molecule has 0 spiro atoms. The molecular formula is C18H19F2NO4. The number of alkyl halides is 2. The Morgan fingerprint density at radius 2 is 1.68 bits per heavy atom. The molecule has 134 valence electrons. The monoisotopic (exact) mass is 351 g/mol. The fourth-order valence-corrected chi connectivity index (χ4v) is 2.33. The van der Waals surface area contributed by atoms with Crippen molar-refractivity contribution in [2.75, 3.05) is 14.2 Å². The molecule has 0 fully saturated rings. The third-order valence-electron chi connectivity index (χ3n) is 3.60. The Bertz CT molecular complexity index is 737. The average Bonchev–Trinajstić information content (AvgIpc) is 2.60. The van der Waals surface area contributed by atoms with E-state index >= 15 is 0 Å². The number of methoxy groups -OCH3 is 2. The highest BCUT2D eigenvalue weighted by molar-refractivity contribution is 5.97.